The Balaban J connectivity index is 1.92. The summed E-state index contributed by atoms with van der Waals surface area (Å²) in [5.74, 6) is -2.35. The van der Waals surface area contributed by atoms with Crippen LogP contribution >= 0.6 is 0 Å². The second kappa shape index (κ2) is 7.61. The number of para-hydroxylation sites is 1. The van der Waals surface area contributed by atoms with Crippen molar-refractivity contribution in [3.05, 3.63) is 59.7 Å². The minimum atomic E-state index is -4.42. The zero-order valence-corrected chi connectivity index (χ0v) is 15.2. The van der Waals surface area contributed by atoms with Crippen LogP contribution < -0.4 is 10.5 Å². The van der Waals surface area contributed by atoms with Crippen molar-refractivity contribution in [2.24, 2.45) is 5.73 Å². The highest BCUT2D eigenvalue weighted by atomic mass is 32.2. The van der Waals surface area contributed by atoms with Crippen molar-refractivity contribution in [3.63, 3.8) is 0 Å². The highest BCUT2D eigenvalue weighted by Gasteiger charge is 2.26. The average Bonchev–Trinajstić information content (AvgIpc) is 2.63. The first-order chi connectivity index (χ1) is 12.8. The Labute approximate surface area is 156 Å². The van der Waals surface area contributed by atoms with E-state index in [2.05, 4.69) is 4.72 Å². The number of hydrogen-bond acceptors (Lipinski definition) is 4. The van der Waals surface area contributed by atoms with E-state index >= 15 is 0 Å². The number of likely N-dealkylation sites (tertiary alicyclic amines) is 1. The smallest absolute Gasteiger partial charge is 0.264 e. The Hall–Kier alpha value is -2.52. The van der Waals surface area contributed by atoms with Crippen LogP contribution in [-0.4, -0.2) is 38.4 Å². The first-order valence-electron chi connectivity index (χ1n) is 8.39. The quantitative estimate of drug-likeness (QED) is 0.831. The molecule has 0 spiro atoms. The maximum absolute atomic E-state index is 13.9. The number of nitrogens with zero attached hydrogens (tertiary/aromatic N) is 1. The van der Waals surface area contributed by atoms with E-state index in [9.17, 15) is 22.0 Å². The molecule has 1 atom stereocenters. The number of anilines is 1. The Morgan fingerprint density at radius 1 is 1.19 bits per heavy atom. The average molecular weight is 395 g/mol. The summed E-state index contributed by atoms with van der Waals surface area (Å²) in [6.07, 6.45) is 1.58. The summed E-state index contributed by atoms with van der Waals surface area (Å²) in [7, 11) is -4.42. The second-order valence-corrected chi connectivity index (χ2v) is 8.03. The van der Waals surface area contributed by atoms with Gasteiger partial charge in [0.25, 0.3) is 15.9 Å². The molecule has 1 saturated heterocycles. The first kappa shape index (κ1) is 19.2. The number of piperidine rings is 1. The van der Waals surface area contributed by atoms with E-state index < -0.39 is 26.6 Å². The van der Waals surface area contributed by atoms with Crippen LogP contribution in [0.5, 0.6) is 0 Å². The SMILES string of the molecule is NC1CCCN(C(=O)c2ccccc2NS(=O)(=O)c2cc(F)ccc2F)C1. The molecule has 0 bridgehead atoms. The van der Waals surface area contributed by atoms with Gasteiger partial charge in [0.2, 0.25) is 0 Å². The summed E-state index contributed by atoms with van der Waals surface area (Å²) in [4.78, 5) is 13.5. The third-order valence-corrected chi connectivity index (χ3v) is 5.71. The molecule has 1 fully saturated rings. The van der Waals surface area contributed by atoms with Gasteiger partial charge in [0.1, 0.15) is 16.5 Å². The molecule has 1 unspecified atom stereocenters. The lowest BCUT2D eigenvalue weighted by Crippen LogP contribution is -2.45. The van der Waals surface area contributed by atoms with Gasteiger partial charge in [-0.15, -0.1) is 0 Å². The van der Waals surface area contributed by atoms with Crippen molar-refractivity contribution < 1.29 is 22.0 Å². The molecule has 6 nitrogen and oxygen atoms in total. The summed E-state index contributed by atoms with van der Waals surface area (Å²) >= 11 is 0. The van der Waals surface area contributed by atoms with Gasteiger partial charge < -0.3 is 10.6 Å². The van der Waals surface area contributed by atoms with Crippen molar-refractivity contribution in [1.82, 2.24) is 4.90 Å². The van der Waals surface area contributed by atoms with Crippen LogP contribution in [0.25, 0.3) is 0 Å². The fraction of sp³-hybridized carbons (Fsp3) is 0.278. The van der Waals surface area contributed by atoms with Crippen molar-refractivity contribution in [2.75, 3.05) is 17.8 Å². The van der Waals surface area contributed by atoms with E-state index in [1.54, 1.807) is 17.0 Å². The van der Waals surface area contributed by atoms with Gasteiger partial charge in [0, 0.05) is 19.1 Å². The zero-order valence-electron chi connectivity index (χ0n) is 14.4. The molecule has 1 aliphatic rings. The first-order valence-corrected chi connectivity index (χ1v) is 9.88. The number of carbonyl (C=O) groups is 1. The molecule has 144 valence electrons. The molecule has 27 heavy (non-hydrogen) atoms. The number of carbonyl (C=O) groups excluding carboxylic acids is 1. The van der Waals surface area contributed by atoms with Crippen LogP contribution in [0.4, 0.5) is 14.5 Å². The molecule has 3 rings (SSSR count). The Kier molecular flexibility index (Phi) is 5.43. The number of benzene rings is 2. The molecule has 0 saturated carbocycles. The zero-order chi connectivity index (χ0) is 19.6. The summed E-state index contributed by atoms with van der Waals surface area (Å²) in [6, 6.07) is 8.02. The highest BCUT2D eigenvalue weighted by Crippen LogP contribution is 2.24. The number of nitrogens with one attached hydrogen (secondary N) is 1. The fourth-order valence-corrected chi connectivity index (χ4v) is 4.18. The van der Waals surface area contributed by atoms with Gasteiger partial charge in [0.15, 0.2) is 0 Å². The Morgan fingerprint density at radius 3 is 2.67 bits per heavy atom. The van der Waals surface area contributed by atoms with E-state index in [0.717, 1.165) is 25.0 Å². The Morgan fingerprint density at radius 2 is 1.93 bits per heavy atom. The number of amides is 1. The van der Waals surface area contributed by atoms with Crippen molar-refractivity contribution in [2.45, 2.75) is 23.8 Å². The molecule has 0 aromatic heterocycles. The fourth-order valence-electron chi connectivity index (χ4n) is 3.01. The number of nitrogens with two attached hydrogens (primary N) is 1. The van der Waals surface area contributed by atoms with E-state index in [-0.39, 0.29) is 23.2 Å². The number of rotatable bonds is 4. The molecule has 1 heterocycles. The maximum Gasteiger partial charge on any atom is 0.264 e. The van der Waals surface area contributed by atoms with Gasteiger partial charge >= 0.3 is 0 Å². The normalized spacial score (nSPS) is 17.6. The molecule has 0 aliphatic carbocycles. The third-order valence-electron chi connectivity index (χ3n) is 4.33. The summed E-state index contributed by atoms with van der Waals surface area (Å²) in [6.45, 7) is 0.893. The lowest BCUT2D eigenvalue weighted by atomic mass is 10.0. The molecule has 2 aromatic carbocycles. The second-order valence-electron chi connectivity index (χ2n) is 6.38. The molecule has 0 radical (unpaired) electrons. The largest absolute Gasteiger partial charge is 0.337 e. The maximum atomic E-state index is 13.9. The number of sulfonamides is 1. The van der Waals surface area contributed by atoms with Crippen molar-refractivity contribution in [1.29, 1.82) is 0 Å². The highest BCUT2D eigenvalue weighted by molar-refractivity contribution is 7.92. The van der Waals surface area contributed by atoms with Crippen molar-refractivity contribution in [3.8, 4) is 0 Å². The van der Waals surface area contributed by atoms with Gasteiger partial charge in [-0.3, -0.25) is 9.52 Å². The molecule has 2 aromatic rings. The standard InChI is InChI=1S/C18H19F2N3O3S/c19-12-7-8-15(20)17(10-12)27(25,26)22-16-6-2-1-5-14(16)18(24)23-9-3-4-13(21)11-23/h1-2,5-8,10,13,22H,3-4,9,11,21H2. The number of halogens is 2. The summed E-state index contributed by atoms with van der Waals surface area (Å²) in [5.41, 5.74) is 6.01. The van der Waals surface area contributed by atoms with Gasteiger partial charge in [-0.2, -0.15) is 0 Å². The van der Waals surface area contributed by atoms with Crippen LogP contribution in [0.15, 0.2) is 47.4 Å². The molecule has 3 N–H and O–H groups in total. The van der Waals surface area contributed by atoms with Crippen LogP contribution in [0, 0.1) is 11.6 Å². The van der Waals surface area contributed by atoms with Gasteiger partial charge in [-0.05, 0) is 43.2 Å². The van der Waals surface area contributed by atoms with Crippen molar-refractivity contribution >= 4 is 21.6 Å². The van der Waals surface area contributed by atoms with E-state index in [0.29, 0.717) is 19.2 Å². The lowest BCUT2D eigenvalue weighted by molar-refractivity contribution is 0.0710. The minimum absolute atomic E-state index is 0.00898. The molecule has 1 aliphatic heterocycles. The topological polar surface area (TPSA) is 92.5 Å². The molecule has 9 heteroatoms. The molecular weight excluding hydrogens is 376 g/mol. The minimum Gasteiger partial charge on any atom is -0.337 e. The molecule has 1 amide bonds. The van der Waals surface area contributed by atoms with E-state index in [1.165, 1.54) is 12.1 Å². The van der Waals surface area contributed by atoms with Crippen LogP contribution in [0.1, 0.15) is 23.2 Å². The Bertz CT molecular complexity index is 966. The van der Waals surface area contributed by atoms with Gasteiger partial charge in [0.05, 0.1) is 11.3 Å². The predicted octanol–water partition coefficient (Wildman–Crippen LogP) is 2.33. The van der Waals surface area contributed by atoms with Gasteiger partial charge in [-0.25, -0.2) is 17.2 Å². The van der Waals surface area contributed by atoms with Crippen LogP contribution in [0.2, 0.25) is 0 Å². The third kappa shape index (κ3) is 4.25. The van der Waals surface area contributed by atoms with E-state index in [4.69, 9.17) is 5.73 Å². The summed E-state index contributed by atoms with van der Waals surface area (Å²) < 4.78 is 54.5. The van der Waals surface area contributed by atoms with E-state index in [1.807, 2.05) is 0 Å². The number of hydrogen-bond donors (Lipinski definition) is 2. The lowest BCUT2D eigenvalue weighted by Gasteiger charge is -2.31. The monoisotopic (exact) mass is 395 g/mol. The predicted molar refractivity (Wildman–Crippen MR) is 96.7 cm³/mol. The van der Waals surface area contributed by atoms with Crippen LogP contribution in [0.3, 0.4) is 0 Å². The van der Waals surface area contributed by atoms with Crippen LogP contribution in [-0.2, 0) is 10.0 Å². The summed E-state index contributed by atoms with van der Waals surface area (Å²) in [5, 5.41) is 0. The molecular formula is C18H19F2N3O3S. The van der Waals surface area contributed by atoms with Gasteiger partial charge in [-0.1, -0.05) is 12.1 Å².